The van der Waals surface area contributed by atoms with Gasteiger partial charge in [0.1, 0.15) is 6.20 Å². The average molecular weight is 239 g/mol. The molecule has 1 aromatic heterocycles. The Labute approximate surface area is 97.3 Å². The van der Waals surface area contributed by atoms with Crippen molar-refractivity contribution in [3.05, 3.63) is 16.3 Å². The molecule has 0 aromatic carbocycles. The highest BCUT2D eigenvalue weighted by molar-refractivity contribution is 5.57. The van der Waals surface area contributed by atoms with Gasteiger partial charge in [-0.3, -0.25) is 10.1 Å². The molecule has 8 nitrogen and oxygen atoms in total. The quantitative estimate of drug-likeness (QED) is 0.582. The summed E-state index contributed by atoms with van der Waals surface area (Å²) in [6.07, 6.45) is 2.93. The molecule has 1 heterocycles. The minimum atomic E-state index is -0.533. The SMILES string of the molecule is COC1CC(Nc2nc(N)ncc2[N+](=O)[O-])C1. The number of hydrogen-bond donors (Lipinski definition) is 2. The topological polar surface area (TPSA) is 116 Å². The second-order valence-corrected chi connectivity index (χ2v) is 3.89. The molecular formula is C9H13N5O3. The summed E-state index contributed by atoms with van der Waals surface area (Å²) in [5.74, 6) is 0.183. The Bertz CT molecular complexity index is 433. The summed E-state index contributed by atoms with van der Waals surface area (Å²) >= 11 is 0. The van der Waals surface area contributed by atoms with Crippen molar-refractivity contribution in [3.8, 4) is 0 Å². The maximum atomic E-state index is 10.8. The lowest BCUT2D eigenvalue weighted by Crippen LogP contribution is -2.40. The molecule has 0 saturated heterocycles. The lowest BCUT2D eigenvalue weighted by atomic mass is 9.89. The number of nitrogens with one attached hydrogen (secondary N) is 1. The second kappa shape index (κ2) is 4.50. The van der Waals surface area contributed by atoms with Crippen LogP contribution in [0.15, 0.2) is 6.20 Å². The first kappa shape index (κ1) is 11.5. The van der Waals surface area contributed by atoms with E-state index in [4.69, 9.17) is 10.5 Å². The fourth-order valence-electron chi connectivity index (χ4n) is 1.70. The highest BCUT2D eigenvalue weighted by Gasteiger charge is 2.31. The summed E-state index contributed by atoms with van der Waals surface area (Å²) in [7, 11) is 1.64. The lowest BCUT2D eigenvalue weighted by molar-refractivity contribution is -0.384. The van der Waals surface area contributed by atoms with E-state index in [1.807, 2.05) is 0 Å². The first-order valence-electron chi connectivity index (χ1n) is 5.16. The molecule has 17 heavy (non-hydrogen) atoms. The molecule has 0 atom stereocenters. The maximum Gasteiger partial charge on any atom is 0.329 e. The van der Waals surface area contributed by atoms with Crippen LogP contribution < -0.4 is 11.1 Å². The van der Waals surface area contributed by atoms with Gasteiger partial charge in [-0.15, -0.1) is 0 Å². The van der Waals surface area contributed by atoms with Gasteiger partial charge in [-0.1, -0.05) is 0 Å². The van der Waals surface area contributed by atoms with E-state index in [2.05, 4.69) is 15.3 Å². The smallest absolute Gasteiger partial charge is 0.329 e. The Morgan fingerprint density at radius 2 is 2.35 bits per heavy atom. The number of rotatable bonds is 4. The minimum absolute atomic E-state index is 0.0146. The van der Waals surface area contributed by atoms with Crippen molar-refractivity contribution in [1.82, 2.24) is 9.97 Å². The van der Waals surface area contributed by atoms with Crippen LogP contribution in [0.2, 0.25) is 0 Å². The van der Waals surface area contributed by atoms with Crippen molar-refractivity contribution < 1.29 is 9.66 Å². The van der Waals surface area contributed by atoms with E-state index in [0.717, 1.165) is 19.0 Å². The van der Waals surface area contributed by atoms with Crippen LogP contribution in [0, 0.1) is 10.1 Å². The zero-order valence-electron chi connectivity index (χ0n) is 9.29. The van der Waals surface area contributed by atoms with Gasteiger partial charge in [0.2, 0.25) is 11.8 Å². The van der Waals surface area contributed by atoms with Crippen molar-refractivity contribution in [1.29, 1.82) is 0 Å². The summed E-state index contributed by atoms with van der Waals surface area (Å²) in [5, 5.41) is 13.7. The Morgan fingerprint density at radius 3 is 2.94 bits per heavy atom. The van der Waals surface area contributed by atoms with Crippen molar-refractivity contribution in [2.24, 2.45) is 0 Å². The predicted molar refractivity (Wildman–Crippen MR) is 60.5 cm³/mol. The zero-order chi connectivity index (χ0) is 12.4. The van der Waals surface area contributed by atoms with Gasteiger partial charge in [0.05, 0.1) is 11.0 Å². The maximum absolute atomic E-state index is 10.8. The number of nitrogens with zero attached hydrogens (tertiary/aromatic N) is 3. The summed E-state index contributed by atoms with van der Waals surface area (Å²) in [6.45, 7) is 0. The van der Waals surface area contributed by atoms with Crippen molar-refractivity contribution in [2.75, 3.05) is 18.2 Å². The van der Waals surface area contributed by atoms with E-state index in [0.29, 0.717) is 0 Å². The van der Waals surface area contributed by atoms with Crippen molar-refractivity contribution >= 4 is 17.5 Å². The minimum Gasteiger partial charge on any atom is -0.381 e. The van der Waals surface area contributed by atoms with E-state index < -0.39 is 4.92 Å². The molecule has 1 aromatic rings. The van der Waals surface area contributed by atoms with E-state index in [1.165, 1.54) is 0 Å². The van der Waals surface area contributed by atoms with Gasteiger partial charge < -0.3 is 15.8 Å². The lowest BCUT2D eigenvalue weighted by Gasteiger charge is -2.34. The molecule has 0 spiro atoms. The summed E-state index contributed by atoms with van der Waals surface area (Å²) in [6, 6.07) is 0.132. The molecule has 3 N–H and O–H groups in total. The second-order valence-electron chi connectivity index (χ2n) is 3.89. The zero-order valence-corrected chi connectivity index (χ0v) is 9.29. The van der Waals surface area contributed by atoms with Crippen molar-refractivity contribution in [2.45, 2.75) is 25.0 Å². The normalized spacial score (nSPS) is 22.9. The molecule has 8 heteroatoms. The number of nitro groups is 1. The summed E-state index contributed by atoms with van der Waals surface area (Å²) in [4.78, 5) is 17.7. The Kier molecular flexibility index (Phi) is 3.05. The van der Waals surface area contributed by atoms with Gasteiger partial charge in [0, 0.05) is 13.2 Å². The van der Waals surface area contributed by atoms with Gasteiger partial charge in [-0.05, 0) is 12.8 Å². The van der Waals surface area contributed by atoms with Gasteiger partial charge >= 0.3 is 5.69 Å². The number of hydrogen-bond acceptors (Lipinski definition) is 7. The van der Waals surface area contributed by atoms with Crippen molar-refractivity contribution in [3.63, 3.8) is 0 Å². The van der Waals surface area contributed by atoms with Crippen LogP contribution in [0.1, 0.15) is 12.8 Å². The molecule has 0 unspecified atom stereocenters. The number of nitrogen functional groups attached to an aromatic ring is 1. The first-order chi connectivity index (χ1) is 8.10. The molecule has 0 amide bonds. The molecule has 2 rings (SSSR count). The van der Waals surface area contributed by atoms with E-state index in [1.54, 1.807) is 7.11 Å². The Hall–Kier alpha value is -1.96. The number of nitrogens with two attached hydrogens (primary N) is 1. The fraction of sp³-hybridized carbons (Fsp3) is 0.556. The Morgan fingerprint density at radius 1 is 1.65 bits per heavy atom. The molecule has 0 radical (unpaired) electrons. The van der Waals surface area contributed by atoms with Crippen LogP contribution in [0.5, 0.6) is 0 Å². The number of aromatic nitrogens is 2. The number of anilines is 2. The van der Waals surface area contributed by atoms with Gasteiger partial charge in [-0.25, -0.2) is 4.98 Å². The molecule has 92 valence electrons. The molecule has 1 aliphatic rings. The molecule has 0 aliphatic heterocycles. The van der Waals surface area contributed by atoms with Crippen LogP contribution in [-0.4, -0.2) is 34.1 Å². The molecule has 1 aliphatic carbocycles. The van der Waals surface area contributed by atoms with Gasteiger partial charge in [-0.2, -0.15) is 4.98 Å². The third-order valence-corrected chi connectivity index (χ3v) is 2.75. The first-order valence-corrected chi connectivity index (χ1v) is 5.16. The van der Waals surface area contributed by atoms with Gasteiger partial charge in [0.15, 0.2) is 0 Å². The molecule has 0 bridgehead atoms. The van der Waals surface area contributed by atoms with Crippen LogP contribution in [0.25, 0.3) is 0 Å². The molecule has 1 saturated carbocycles. The van der Waals surface area contributed by atoms with E-state index in [-0.39, 0.29) is 29.6 Å². The van der Waals surface area contributed by atoms with E-state index in [9.17, 15) is 10.1 Å². The highest BCUT2D eigenvalue weighted by atomic mass is 16.6. The summed E-state index contributed by atoms with van der Waals surface area (Å²) in [5.41, 5.74) is 5.24. The average Bonchev–Trinajstić information content (AvgIpc) is 2.22. The standard InChI is InChI=1S/C9H13N5O3/c1-17-6-2-5(3-6)12-8-7(14(15)16)4-11-9(10)13-8/h4-6H,2-3H2,1H3,(H3,10,11,12,13). The highest BCUT2D eigenvalue weighted by Crippen LogP contribution is 2.29. The number of ether oxygens (including phenoxy) is 1. The monoisotopic (exact) mass is 239 g/mol. The van der Waals surface area contributed by atoms with Crippen LogP contribution in [-0.2, 0) is 4.74 Å². The van der Waals surface area contributed by atoms with E-state index >= 15 is 0 Å². The Balaban J connectivity index is 2.09. The number of methoxy groups -OCH3 is 1. The van der Waals surface area contributed by atoms with Crippen LogP contribution in [0.4, 0.5) is 17.5 Å². The van der Waals surface area contributed by atoms with Gasteiger partial charge in [0.25, 0.3) is 0 Å². The fourth-order valence-corrected chi connectivity index (χ4v) is 1.70. The third-order valence-electron chi connectivity index (χ3n) is 2.75. The van der Waals surface area contributed by atoms with Crippen LogP contribution in [0.3, 0.4) is 0 Å². The van der Waals surface area contributed by atoms with Crippen LogP contribution >= 0.6 is 0 Å². The molecular weight excluding hydrogens is 226 g/mol. The third kappa shape index (κ3) is 2.41. The summed E-state index contributed by atoms with van der Waals surface area (Å²) < 4.78 is 5.12. The predicted octanol–water partition coefficient (Wildman–Crippen LogP) is 0.556. The molecule has 1 fully saturated rings. The largest absolute Gasteiger partial charge is 0.381 e.